The second-order valence-corrected chi connectivity index (χ2v) is 4.38. The van der Waals surface area contributed by atoms with Gasteiger partial charge in [-0.1, -0.05) is 19.9 Å². The Bertz CT molecular complexity index is 372. The Balaban J connectivity index is 2.40. The van der Waals surface area contributed by atoms with Crippen molar-refractivity contribution in [3.05, 3.63) is 17.7 Å². The van der Waals surface area contributed by atoms with E-state index in [1.165, 1.54) is 5.56 Å². The topological polar surface area (TPSA) is 27.7 Å². The quantitative estimate of drug-likeness (QED) is 0.787. The van der Waals surface area contributed by atoms with E-state index in [9.17, 15) is 0 Å². The van der Waals surface area contributed by atoms with Crippen molar-refractivity contribution >= 4 is 0 Å². The summed E-state index contributed by atoms with van der Waals surface area (Å²) in [4.78, 5) is 0. The minimum absolute atomic E-state index is 0.592. The van der Waals surface area contributed by atoms with Gasteiger partial charge in [-0.25, -0.2) is 0 Å². The van der Waals surface area contributed by atoms with Crippen molar-refractivity contribution in [2.24, 2.45) is 5.92 Å². The molecule has 2 rings (SSSR count). The minimum Gasteiger partial charge on any atom is -0.493 e. The zero-order chi connectivity index (χ0) is 11.5. The molecule has 3 nitrogen and oxygen atoms in total. The Morgan fingerprint density at radius 3 is 2.50 bits per heavy atom. The maximum absolute atomic E-state index is 5.69. The summed E-state index contributed by atoms with van der Waals surface area (Å²) in [6.07, 6.45) is 0.996. The van der Waals surface area contributed by atoms with Crippen LogP contribution in [0, 0.1) is 5.92 Å². The van der Waals surface area contributed by atoms with Crippen LogP contribution in [0.3, 0.4) is 0 Å². The molecule has 0 fully saturated rings. The largest absolute Gasteiger partial charge is 0.493 e. The molecule has 1 heterocycles. The van der Waals surface area contributed by atoms with E-state index in [2.05, 4.69) is 19.9 Å². The van der Waals surface area contributed by atoms with Crippen LogP contribution in [0.4, 0.5) is 0 Å². The van der Waals surface area contributed by atoms with E-state index in [0.29, 0.717) is 19.1 Å². The number of rotatable bonds is 3. The lowest BCUT2D eigenvalue weighted by Crippen LogP contribution is -2.17. The summed E-state index contributed by atoms with van der Waals surface area (Å²) < 4.78 is 16.6. The van der Waals surface area contributed by atoms with Crippen LogP contribution in [0.2, 0.25) is 0 Å². The lowest BCUT2D eigenvalue weighted by atomic mass is 10.0. The predicted octanol–water partition coefficient (Wildman–Crippen LogP) is 2.66. The molecule has 0 bridgehead atoms. The summed E-state index contributed by atoms with van der Waals surface area (Å²) in [7, 11) is 1.65. The fourth-order valence-corrected chi connectivity index (χ4v) is 1.93. The highest BCUT2D eigenvalue weighted by Crippen LogP contribution is 2.42. The van der Waals surface area contributed by atoms with E-state index in [1.807, 2.05) is 6.07 Å². The van der Waals surface area contributed by atoms with Gasteiger partial charge in [0.05, 0.1) is 7.11 Å². The van der Waals surface area contributed by atoms with Gasteiger partial charge in [0.15, 0.2) is 11.5 Å². The molecule has 0 spiro atoms. The van der Waals surface area contributed by atoms with Crippen LogP contribution in [0.5, 0.6) is 17.2 Å². The molecule has 16 heavy (non-hydrogen) atoms. The summed E-state index contributed by atoms with van der Waals surface area (Å²) in [5.74, 6) is 2.97. The first-order chi connectivity index (χ1) is 7.72. The van der Waals surface area contributed by atoms with Crippen molar-refractivity contribution in [2.45, 2.75) is 20.3 Å². The van der Waals surface area contributed by atoms with E-state index in [4.69, 9.17) is 14.2 Å². The lowest BCUT2D eigenvalue weighted by Gasteiger charge is -2.23. The fourth-order valence-electron chi connectivity index (χ4n) is 1.93. The van der Waals surface area contributed by atoms with E-state index in [0.717, 1.165) is 23.7 Å². The molecule has 0 atom stereocenters. The molecule has 0 amide bonds. The van der Waals surface area contributed by atoms with E-state index in [-0.39, 0.29) is 0 Å². The van der Waals surface area contributed by atoms with Crippen molar-refractivity contribution in [3.63, 3.8) is 0 Å². The van der Waals surface area contributed by atoms with Gasteiger partial charge in [0.25, 0.3) is 0 Å². The first-order valence-corrected chi connectivity index (χ1v) is 5.68. The molecular weight excluding hydrogens is 204 g/mol. The molecule has 0 radical (unpaired) electrons. The van der Waals surface area contributed by atoms with Gasteiger partial charge in [0, 0.05) is 0 Å². The van der Waals surface area contributed by atoms with Crippen molar-refractivity contribution in [1.82, 2.24) is 0 Å². The van der Waals surface area contributed by atoms with Crippen LogP contribution in [-0.2, 0) is 6.42 Å². The molecule has 0 aromatic heterocycles. The number of benzene rings is 1. The zero-order valence-electron chi connectivity index (χ0n) is 10.1. The van der Waals surface area contributed by atoms with Gasteiger partial charge in [-0.15, -0.1) is 0 Å². The molecule has 0 unspecified atom stereocenters. The molecule has 88 valence electrons. The van der Waals surface area contributed by atoms with E-state index >= 15 is 0 Å². The van der Waals surface area contributed by atoms with Crippen molar-refractivity contribution in [3.8, 4) is 17.2 Å². The third-order valence-corrected chi connectivity index (χ3v) is 2.58. The first kappa shape index (κ1) is 11.1. The van der Waals surface area contributed by atoms with Gasteiger partial charge in [-0.2, -0.15) is 0 Å². The van der Waals surface area contributed by atoms with E-state index in [1.54, 1.807) is 7.11 Å². The standard InChI is InChI=1S/C13H18O3/c1-9(2)8-10-4-5-11(14-3)13-12(10)15-6-7-16-13/h4-5,9H,6-8H2,1-3H3. The second-order valence-electron chi connectivity index (χ2n) is 4.38. The number of hydrogen-bond donors (Lipinski definition) is 0. The Morgan fingerprint density at radius 1 is 1.19 bits per heavy atom. The summed E-state index contributed by atoms with van der Waals surface area (Å²) in [5, 5.41) is 0. The molecule has 1 aromatic rings. The van der Waals surface area contributed by atoms with Crippen LogP contribution < -0.4 is 14.2 Å². The number of ether oxygens (including phenoxy) is 3. The molecule has 0 aliphatic carbocycles. The average molecular weight is 222 g/mol. The van der Waals surface area contributed by atoms with Crippen molar-refractivity contribution in [2.75, 3.05) is 20.3 Å². The molecular formula is C13H18O3. The Kier molecular flexibility index (Phi) is 3.22. The number of fused-ring (bicyclic) bond motifs is 1. The molecule has 0 saturated carbocycles. The highest BCUT2D eigenvalue weighted by atomic mass is 16.6. The molecule has 0 N–H and O–H groups in total. The average Bonchev–Trinajstić information content (AvgIpc) is 2.29. The van der Waals surface area contributed by atoms with Crippen molar-refractivity contribution < 1.29 is 14.2 Å². The molecule has 3 heteroatoms. The monoisotopic (exact) mass is 222 g/mol. The smallest absolute Gasteiger partial charge is 0.203 e. The normalized spacial score (nSPS) is 14.0. The van der Waals surface area contributed by atoms with E-state index < -0.39 is 0 Å². The molecule has 0 saturated heterocycles. The van der Waals surface area contributed by atoms with Gasteiger partial charge >= 0.3 is 0 Å². The molecule has 1 aromatic carbocycles. The summed E-state index contributed by atoms with van der Waals surface area (Å²) in [6.45, 7) is 5.60. The number of methoxy groups -OCH3 is 1. The van der Waals surface area contributed by atoms with Crippen LogP contribution in [-0.4, -0.2) is 20.3 Å². The van der Waals surface area contributed by atoms with Gasteiger partial charge in [-0.3, -0.25) is 0 Å². The summed E-state index contributed by atoms with van der Waals surface area (Å²) >= 11 is 0. The lowest BCUT2D eigenvalue weighted by molar-refractivity contribution is 0.163. The second kappa shape index (κ2) is 4.64. The summed E-state index contributed by atoms with van der Waals surface area (Å²) in [6, 6.07) is 4.01. The highest BCUT2D eigenvalue weighted by Gasteiger charge is 2.20. The zero-order valence-corrected chi connectivity index (χ0v) is 10.1. The first-order valence-electron chi connectivity index (χ1n) is 5.68. The van der Waals surface area contributed by atoms with Gasteiger partial charge < -0.3 is 14.2 Å². The van der Waals surface area contributed by atoms with Crippen LogP contribution in [0.15, 0.2) is 12.1 Å². The maximum Gasteiger partial charge on any atom is 0.203 e. The predicted molar refractivity (Wildman–Crippen MR) is 62.5 cm³/mol. The highest BCUT2D eigenvalue weighted by molar-refractivity contribution is 5.56. The maximum atomic E-state index is 5.69. The molecule has 1 aliphatic heterocycles. The van der Waals surface area contributed by atoms with Gasteiger partial charge in [-0.05, 0) is 24.0 Å². The summed E-state index contributed by atoms with van der Waals surface area (Å²) in [5.41, 5.74) is 1.20. The molecule has 1 aliphatic rings. The van der Waals surface area contributed by atoms with Crippen LogP contribution in [0.1, 0.15) is 19.4 Å². The third-order valence-electron chi connectivity index (χ3n) is 2.58. The van der Waals surface area contributed by atoms with Crippen LogP contribution >= 0.6 is 0 Å². The Labute approximate surface area is 96.3 Å². The van der Waals surface area contributed by atoms with Gasteiger partial charge in [0.2, 0.25) is 5.75 Å². The fraction of sp³-hybridized carbons (Fsp3) is 0.538. The van der Waals surface area contributed by atoms with Crippen molar-refractivity contribution in [1.29, 1.82) is 0 Å². The Hall–Kier alpha value is -1.38. The Morgan fingerprint density at radius 2 is 1.88 bits per heavy atom. The van der Waals surface area contributed by atoms with Gasteiger partial charge in [0.1, 0.15) is 13.2 Å². The number of hydrogen-bond acceptors (Lipinski definition) is 3. The minimum atomic E-state index is 0.592. The third kappa shape index (κ3) is 2.08. The van der Waals surface area contributed by atoms with Crippen LogP contribution in [0.25, 0.3) is 0 Å². The SMILES string of the molecule is COc1ccc(CC(C)C)c2c1OCCO2.